The number of aromatic nitrogens is 2. The van der Waals surface area contributed by atoms with Crippen LogP contribution in [0.4, 0.5) is 11.6 Å². The molecule has 21 heavy (non-hydrogen) atoms. The van der Waals surface area contributed by atoms with Crippen LogP contribution < -0.4 is 5.32 Å². The molecule has 0 saturated heterocycles. The van der Waals surface area contributed by atoms with Crippen LogP contribution >= 0.6 is 31.9 Å². The Hall–Kier alpha value is -0.850. The van der Waals surface area contributed by atoms with Crippen LogP contribution in [0, 0.1) is 6.92 Å². The van der Waals surface area contributed by atoms with E-state index in [4.69, 9.17) is 4.74 Å². The number of hydrogen-bond donors (Lipinski definition) is 1. The normalized spacial score (nSPS) is 10.9. The quantitative estimate of drug-likeness (QED) is 0.653. The Labute approximate surface area is 142 Å². The molecule has 1 N–H and O–H groups in total. The zero-order chi connectivity index (χ0) is 15.2. The molecule has 114 valence electrons. The molecule has 2 rings (SSSR count). The van der Waals surface area contributed by atoms with Crippen LogP contribution in [0.3, 0.4) is 0 Å². The maximum absolute atomic E-state index is 5.39. The van der Waals surface area contributed by atoms with Crippen LogP contribution in [0.15, 0.2) is 33.3 Å². The smallest absolute Gasteiger partial charge is 0.207 e. The van der Waals surface area contributed by atoms with Crippen molar-refractivity contribution < 1.29 is 4.74 Å². The topological polar surface area (TPSA) is 39.1 Å². The van der Waals surface area contributed by atoms with Gasteiger partial charge in [0, 0.05) is 34.9 Å². The zero-order valence-electron chi connectivity index (χ0n) is 12.2. The van der Waals surface area contributed by atoms with Crippen LogP contribution in [0.5, 0.6) is 0 Å². The van der Waals surface area contributed by atoms with Gasteiger partial charge in [0.2, 0.25) is 5.95 Å². The number of aryl methyl sites for hydroxylation is 2. The molecule has 0 amide bonds. The molecule has 0 aliphatic carbocycles. The molecule has 0 aliphatic rings. The van der Waals surface area contributed by atoms with Crippen molar-refractivity contribution in [3.63, 3.8) is 0 Å². The number of anilines is 2. The third-order valence-corrected chi connectivity index (χ3v) is 4.12. The van der Waals surface area contributed by atoms with Gasteiger partial charge in [-0.2, -0.15) is 0 Å². The van der Waals surface area contributed by atoms with Crippen molar-refractivity contribution >= 4 is 43.5 Å². The molecule has 0 bridgehead atoms. The van der Waals surface area contributed by atoms with Crippen LogP contribution in [0.1, 0.15) is 19.0 Å². The Morgan fingerprint density at radius 3 is 2.86 bits per heavy atom. The predicted molar refractivity (Wildman–Crippen MR) is 93.2 cm³/mol. The largest absolute Gasteiger partial charge is 0.382 e. The molecular formula is C15H19Br2N3O. The first-order valence-electron chi connectivity index (χ1n) is 6.93. The first-order chi connectivity index (χ1) is 10.1. The van der Waals surface area contributed by atoms with Gasteiger partial charge in [-0.25, -0.2) is 4.98 Å². The van der Waals surface area contributed by atoms with Gasteiger partial charge in [0.1, 0.15) is 0 Å². The first-order valence-corrected chi connectivity index (χ1v) is 8.52. The maximum Gasteiger partial charge on any atom is 0.207 e. The number of hydrogen-bond acceptors (Lipinski definition) is 3. The van der Waals surface area contributed by atoms with E-state index >= 15 is 0 Å². The van der Waals surface area contributed by atoms with Crippen molar-refractivity contribution in [3.8, 4) is 0 Å². The van der Waals surface area contributed by atoms with Crippen molar-refractivity contribution in [1.82, 2.24) is 9.55 Å². The number of halogens is 2. The fraction of sp³-hybridized carbons (Fsp3) is 0.400. The summed E-state index contributed by atoms with van der Waals surface area (Å²) in [6.07, 6.45) is 3.03. The van der Waals surface area contributed by atoms with Crippen molar-refractivity contribution in [1.29, 1.82) is 0 Å². The Balaban J connectivity index is 2.08. The summed E-state index contributed by atoms with van der Waals surface area (Å²) in [4.78, 5) is 4.55. The number of imidazole rings is 1. The van der Waals surface area contributed by atoms with E-state index in [1.54, 1.807) is 0 Å². The summed E-state index contributed by atoms with van der Waals surface area (Å²) in [5.74, 6) is 0.854. The molecule has 1 heterocycles. The Morgan fingerprint density at radius 2 is 2.14 bits per heavy atom. The summed E-state index contributed by atoms with van der Waals surface area (Å²) in [5, 5.41) is 3.37. The minimum atomic E-state index is 0.764. The molecule has 0 unspecified atom stereocenters. The van der Waals surface area contributed by atoms with Gasteiger partial charge in [0.15, 0.2) is 0 Å². The molecule has 1 aromatic heterocycles. The minimum absolute atomic E-state index is 0.764. The summed E-state index contributed by atoms with van der Waals surface area (Å²) >= 11 is 7.02. The standard InChI is InChI=1S/C15H19Br2N3O/c1-3-21-8-4-7-20-10-11(2)18-15(20)19-14-6-5-12(16)9-13(14)17/h5-6,9-10H,3-4,7-8H2,1-2H3,(H,18,19). The molecule has 6 heteroatoms. The van der Waals surface area contributed by atoms with Crippen molar-refractivity contribution in [2.24, 2.45) is 0 Å². The minimum Gasteiger partial charge on any atom is -0.382 e. The van der Waals surface area contributed by atoms with E-state index in [-0.39, 0.29) is 0 Å². The molecule has 0 fully saturated rings. The second-order valence-corrected chi connectivity index (χ2v) is 6.47. The van der Waals surface area contributed by atoms with Gasteiger partial charge in [-0.1, -0.05) is 15.9 Å². The summed E-state index contributed by atoms with van der Waals surface area (Å²) in [6.45, 7) is 6.44. The van der Waals surface area contributed by atoms with Crippen molar-refractivity contribution in [2.45, 2.75) is 26.8 Å². The average Bonchev–Trinajstić information content (AvgIpc) is 2.78. The molecule has 0 atom stereocenters. The van der Waals surface area contributed by atoms with Gasteiger partial charge in [-0.05, 0) is 54.4 Å². The first kappa shape index (κ1) is 16.5. The van der Waals surface area contributed by atoms with E-state index in [1.807, 2.05) is 32.0 Å². The molecule has 0 saturated carbocycles. The van der Waals surface area contributed by atoms with E-state index in [0.717, 1.165) is 52.5 Å². The summed E-state index contributed by atoms with van der Waals surface area (Å²) < 4.78 is 9.55. The monoisotopic (exact) mass is 415 g/mol. The average molecular weight is 417 g/mol. The molecule has 2 aromatic rings. The zero-order valence-corrected chi connectivity index (χ0v) is 15.4. The highest BCUT2D eigenvalue weighted by Crippen LogP contribution is 2.28. The number of nitrogens with zero attached hydrogens (tertiary/aromatic N) is 2. The molecular weight excluding hydrogens is 398 g/mol. The summed E-state index contributed by atoms with van der Waals surface area (Å²) in [6, 6.07) is 6.03. The lowest BCUT2D eigenvalue weighted by Crippen LogP contribution is -2.06. The highest BCUT2D eigenvalue weighted by atomic mass is 79.9. The van der Waals surface area contributed by atoms with Crippen LogP contribution in [0.25, 0.3) is 0 Å². The van der Waals surface area contributed by atoms with Gasteiger partial charge >= 0.3 is 0 Å². The predicted octanol–water partition coefficient (Wildman–Crippen LogP) is 4.89. The molecule has 0 aliphatic heterocycles. The van der Waals surface area contributed by atoms with Gasteiger partial charge in [0.25, 0.3) is 0 Å². The number of nitrogens with one attached hydrogen (secondary N) is 1. The Morgan fingerprint density at radius 1 is 1.33 bits per heavy atom. The van der Waals surface area contributed by atoms with E-state index in [1.165, 1.54) is 0 Å². The van der Waals surface area contributed by atoms with Crippen LogP contribution in [-0.2, 0) is 11.3 Å². The second kappa shape index (κ2) is 7.96. The second-order valence-electron chi connectivity index (χ2n) is 4.70. The van der Waals surface area contributed by atoms with Gasteiger partial charge in [-0.15, -0.1) is 0 Å². The lowest BCUT2D eigenvalue weighted by Gasteiger charge is -2.11. The summed E-state index contributed by atoms with van der Waals surface area (Å²) in [7, 11) is 0. The van der Waals surface area contributed by atoms with Crippen LogP contribution in [0.2, 0.25) is 0 Å². The molecule has 0 radical (unpaired) electrons. The Kier molecular flexibility index (Phi) is 6.26. The van der Waals surface area contributed by atoms with E-state index in [0.29, 0.717) is 0 Å². The fourth-order valence-corrected chi connectivity index (χ4v) is 3.16. The molecule has 0 spiro atoms. The third kappa shape index (κ3) is 4.83. The number of rotatable bonds is 7. The summed E-state index contributed by atoms with van der Waals surface area (Å²) in [5.41, 5.74) is 2.00. The molecule has 4 nitrogen and oxygen atoms in total. The fourth-order valence-electron chi connectivity index (χ4n) is 2.01. The van der Waals surface area contributed by atoms with Crippen molar-refractivity contribution in [2.75, 3.05) is 18.5 Å². The lowest BCUT2D eigenvalue weighted by molar-refractivity contribution is 0.142. The third-order valence-electron chi connectivity index (χ3n) is 2.97. The van der Waals surface area contributed by atoms with E-state index in [2.05, 4.69) is 52.9 Å². The Bertz CT molecular complexity index is 599. The van der Waals surface area contributed by atoms with E-state index < -0.39 is 0 Å². The van der Waals surface area contributed by atoms with E-state index in [9.17, 15) is 0 Å². The number of benzene rings is 1. The number of ether oxygens (including phenoxy) is 1. The van der Waals surface area contributed by atoms with Gasteiger partial charge in [0.05, 0.1) is 11.4 Å². The van der Waals surface area contributed by atoms with Gasteiger partial charge in [-0.3, -0.25) is 0 Å². The maximum atomic E-state index is 5.39. The van der Waals surface area contributed by atoms with Crippen LogP contribution in [-0.4, -0.2) is 22.8 Å². The SMILES string of the molecule is CCOCCCn1cc(C)nc1Nc1ccc(Br)cc1Br. The lowest BCUT2D eigenvalue weighted by atomic mass is 10.3. The molecule has 1 aromatic carbocycles. The highest BCUT2D eigenvalue weighted by Gasteiger charge is 2.08. The highest BCUT2D eigenvalue weighted by molar-refractivity contribution is 9.11. The van der Waals surface area contributed by atoms with Crippen molar-refractivity contribution in [3.05, 3.63) is 39.0 Å². The van der Waals surface area contributed by atoms with Gasteiger partial charge < -0.3 is 14.6 Å².